The Morgan fingerprint density at radius 1 is 1.06 bits per heavy atom. The van der Waals surface area contributed by atoms with Crippen molar-refractivity contribution in [1.82, 2.24) is 4.90 Å². The van der Waals surface area contributed by atoms with Crippen molar-refractivity contribution < 1.29 is 37.8 Å². The summed E-state index contributed by atoms with van der Waals surface area (Å²) in [7, 11) is 0. The summed E-state index contributed by atoms with van der Waals surface area (Å²) in [4.78, 5) is 33.5. The molecule has 2 aromatic carbocycles. The van der Waals surface area contributed by atoms with Gasteiger partial charge in [-0.1, -0.05) is 36.4 Å². The number of aryl methyl sites for hydroxylation is 2. The van der Waals surface area contributed by atoms with Crippen molar-refractivity contribution in [2.75, 3.05) is 13.1 Å². The molecule has 33 heavy (non-hydrogen) atoms. The van der Waals surface area contributed by atoms with Gasteiger partial charge in [0.05, 0.1) is 6.21 Å². The lowest BCUT2D eigenvalue weighted by Gasteiger charge is -2.27. The van der Waals surface area contributed by atoms with Crippen molar-refractivity contribution in [2.45, 2.75) is 25.4 Å². The maximum atomic E-state index is 12.4. The van der Waals surface area contributed by atoms with Gasteiger partial charge in [0.25, 0.3) is 5.91 Å². The molecule has 1 amide bonds. The fraction of sp³-hybridized carbons (Fsp3) is 0.273. The van der Waals surface area contributed by atoms with Crippen LogP contribution in [0.15, 0.2) is 47.6 Å². The third kappa shape index (κ3) is 7.63. The van der Waals surface area contributed by atoms with E-state index in [9.17, 15) is 22.8 Å². The standard InChI is InChI=1S/C20H21N3O3.C2HF3O2/c21-22-12-16-5-2-14(3-6-16)1-4-15-7-8-18-17(11-15)9-10-23(20(18)26)13-19(24)25;3-2(4,5)1(6)7/h2-3,5-8,11-12H,1,4,9-10,13,21H2,(H,24,25);(H,6,7). The zero-order chi connectivity index (χ0) is 24.6. The largest absolute Gasteiger partial charge is 0.490 e. The molecular weight excluding hydrogens is 443 g/mol. The summed E-state index contributed by atoms with van der Waals surface area (Å²) in [6.45, 7) is 0.205. The minimum atomic E-state index is -5.08. The van der Waals surface area contributed by atoms with Gasteiger partial charge >= 0.3 is 18.1 Å². The van der Waals surface area contributed by atoms with Gasteiger partial charge in [-0.15, -0.1) is 0 Å². The van der Waals surface area contributed by atoms with E-state index in [0.717, 1.165) is 24.0 Å². The van der Waals surface area contributed by atoms with Gasteiger partial charge in [0, 0.05) is 12.1 Å². The van der Waals surface area contributed by atoms with Gasteiger partial charge < -0.3 is 21.0 Å². The van der Waals surface area contributed by atoms with Crippen molar-refractivity contribution in [2.24, 2.45) is 10.9 Å². The molecule has 0 aromatic heterocycles. The number of rotatable bonds is 6. The second-order valence-electron chi connectivity index (χ2n) is 7.18. The summed E-state index contributed by atoms with van der Waals surface area (Å²) < 4.78 is 31.7. The number of hydrogen-bond donors (Lipinski definition) is 3. The van der Waals surface area contributed by atoms with Crippen LogP contribution in [-0.2, 0) is 28.9 Å². The molecule has 11 heteroatoms. The van der Waals surface area contributed by atoms with Gasteiger partial charge in [-0.3, -0.25) is 9.59 Å². The molecule has 3 rings (SSSR count). The lowest BCUT2D eigenvalue weighted by atomic mass is 9.94. The van der Waals surface area contributed by atoms with E-state index in [-0.39, 0.29) is 12.5 Å². The van der Waals surface area contributed by atoms with Crippen molar-refractivity contribution in [3.63, 3.8) is 0 Å². The molecule has 4 N–H and O–H groups in total. The first-order valence-electron chi connectivity index (χ1n) is 9.76. The number of hydrazone groups is 1. The highest BCUT2D eigenvalue weighted by Gasteiger charge is 2.38. The topological polar surface area (TPSA) is 133 Å². The number of alkyl halides is 3. The molecule has 0 radical (unpaired) electrons. The highest BCUT2D eigenvalue weighted by Crippen LogP contribution is 2.21. The first kappa shape index (κ1) is 25.4. The van der Waals surface area contributed by atoms with Crippen molar-refractivity contribution in [3.8, 4) is 0 Å². The van der Waals surface area contributed by atoms with Crippen LogP contribution in [0.1, 0.15) is 32.6 Å². The average Bonchev–Trinajstić information content (AvgIpc) is 2.75. The monoisotopic (exact) mass is 465 g/mol. The normalized spacial score (nSPS) is 13.3. The Kier molecular flexibility index (Phi) is 8.55. The number of carboxylic acids is 2. The van der Waals surface area contributed by atoms with E-state index < -0.39 is 18.1 Å². The van der Waals surface area contributed by atoms with Gasteiger partial charge in [-0.2, -0.15) is 18.3 Å². The molecule has 1 heterocycles. The van der Waals surface area contributed by atoms with Crippen LogP contribution in [0.3, 0.4) is 0 Å². The maximum absolute atomic E-state index is 12.4. The van der Waals surface area contributed by atoms with E-state index in [2.05, 4.69) is 23.3 Å². The first-order valence-corrected chi connectivity index (χ1v) is 9.76. The lowest BCUT2D eigenvalue weighted by Crippen LogP contribution is -2.40. The van der Waals surface area contributed by atoms with Crippen molar-refractivity contribution in [3.05, 3.63) is 70.3 Å². The molecule has 8 nitrogen and oxygen atoms in total. The van der Waals surface area contributed by atoms with E-state index in [1.54, 1.807) is 6.21 Å². The van der Waals surface area contributed by atoms with Crippen LogP contribution in [0.5, 0.6) is 0 Å². The Morgan fingerprint density at radius 3 is 2.18 bits per heavy atom. The molecule has 1 aliphatic rings. The van der Waals surface area contributed by atoms with Gasteiger partial charge in [0.1, 0.15) is 6.54 Å². The Hall–Kier alpha value is -3.89. The minimum absolute atomic E-state index is 0.197. The molecular formula is C22H22F3N3O5. The van der Waals surface area contributed by atoms with Crippen molar-refractivity contribution >= 4 is 24.1 Å². The molecule has 0 bridgehead atoms. The zero-order valence-corrected chi connectivity index (χ0v) is 17.4. The summed E-state index contributed by atoms with van der Waals surface area (Å²) in [6, 6.07) is 13.9. The fourth-order valence-electron chi connectivity index (χ4n) is 3.20. The van der Waals surface area contributed by atoms with Gasteiger partial charge in [-0.25, -0.2) is 4.79 Å². The Labute approximate surface area is 187 Å². The summed E-state index contributed by atoms with van der Waals surface area (Å²) in [5.41, 5.74) is 4.99. The third-order valence-corrected chi connectivity index (χ3v) is 4.81. The smallest absolute Gasteiger partial charge is 0.480 e. The van der Waals surface area contributed by atoms with E-state index in [0.29, 0.717) is 18.5 Å². The molecule has 0 fully saturated rings. The average molecular weight is 465 g/mol. The number of amides is 1. The number of carbonyl (C=O) groups excluding carboxylic acids is 1. The van der Waals surface area contributed by atoms with Crippen LogP contribution < -0.4 is 5.84 Å². The lowest BCUT2D eigenvalue weighted by molar-refractivity contribution is -0.192. The molecule has 1 aliphatic heterocycles. The van der Waals surface area contributed by atoms with E-state index in [4.69, 9.17) is 20.9 Å². The summed E-state index contributed by atoms with van der Waals surface area (Å²) in [6.07, 6.45) is -1.00. The highest BCUT2D eigenvalue weighted by molar-refractivity contribution is 5.98. The first-order chi connectivity index (χ1) is 15.5. The van der Waals surface area contributed by atoms with Crippen LogP contribution in [-0.4, -0.2) is 58.4 Å². The molecule has 0 atom stereocenters. The van der Waals surface area contributed by atoms with Crippen LogP contribution in [0, 0.1) is 0 Å². The third-order valence-electron chi connectivity index (χ3n) is 4.81. The quantitative estimate of drug-likeness (QED) is 0.341. The number of hydrogen-bond acceptors (Lipinski definition) is 5. The van der Waals surface area contributed by atoms with E-state index >= 15 is 0 Å². The molecule has 0 saturated heterocycles. The number of fused-ring (bicyclic) bond motifs is 1. The van der Waals surface area contributed by atoms with Gasteiger partial charge in [0.2, 0.25) is 0 Å². The second-order valence-corrected chi connectivity index (χ2v) is 7.18. The molecule has 0 saturated carbocycles. The van der Waals surface area contributed by atoms with Crippen LogP contribution in [0.25, 0.3) is 0 Å². The second kappa shape index (κ2) is 11.1. The van der Waals surface area contributed by atoms with Gasteiger partial charge in [0.15, 0.2) is 0 Å². The Balaban J connectivity index is 0.000000479. The predicted octanol–water partition coefficient (Wildman–Crippen LogP) is 2.48. The SMILES string of the molecule is NN=Cc1ccc(CCc2ccc3c(c2)CCN(CC(=O)O)C3=O)cc1.O=C(O)C(F)(F)F. The predicted molar refractivity (Wildman–Crippen MR) is 113 cm³/mol. The fourth-order valence-corrected chi connectivity index (χ4v) is 3.20. The van der Waals surface area contributed by atoms with E-state index in [1.165, 1.54) is 16.0 Å². The number of nitrogens with zero attached hydrogens (tertiary/aromatic N) is 2. The summed E-state index contributed by atoms with van der Waals surface area (Å²) in [5.74, 6) is 1.21. The van der Waals surface area contributed by atoms with Crippen molar-refractivity contribution in [1.29, 1.82) is 0 Å². The minimum Gasteiger partial charge on any atom is -0.480 e. The number of carbonyl (C=O) groups is 3. The summed E-state index contributed by atoms with van der Waals surface area (Å²) in [5, 5.41) is 19.5. The summed E-state index contributed by atoms with van der Waals surface area (Å²) >= 11 is 0. The number of benzene rings is 2. The molecule has 0 spiro atoms. The Morgan fingerprint density at radius 2 is 1.64 bits per heavy atom. The van der Waals surface area contributed by atoms with Crippen LogP contribution in [0.2, 0.25) is 0 Å². The van der Waals surface area contributed by atoms with Gasteiger partial charge in [-0.05, 0) is 47.6 Å². The molecule has 2 aromatic rings. The van der Waals surface area contributed by atoms with E-state index in [1.807, 2.05) is 24.3 Å². The van der Waals surface area contributed by atoms with Crippen LogP contribution >= 0.6 is 0 Å². The number of halogens is 3. The zero-order valence-electron chi connectivity index (χ0n) is 17.4. The number of aliphatic carboxylic acids is 2. The number of carboxylic acid groups (broad SMARTS) is 2. The van der Waals surface area contributed by atoms with Crippen LogP contribution in [0.4, 0.5) is 13.2 Å². The maximum Gasteiger partial charge on any atom is 0.490 e. The molecule has 176 valence electrons. The highest BCUT2D eigenvalue weighted by atomic mass is 19.4. The Bertz CT molecular complexity index is 1040. The molecule has 0 aliphatic carbocycles. The number of nitrogens with two attached hydrogens (primary N) is 1. The molecule has 0 unspecified atom stereocenters.